The van der Waals surface area contributed by atoms with E-state index in [-0.39, 0.29) is 21.4 Å². The molecule has 1 aliphatic heterocycles. The molecule has 0 atom stereocenters. The first kappa shape index (κ1) is 16.4. The average molecular weight is 362 g/mol. The molecule has 0 radical (unpaired) electrons. The lowest BCUT2D eigenvalue weighted by atomic mass is 10.2. The summed E-state index contributed by atoms with van der Waals surface area (Å²) in [7, 11) is 0. The van der Waals surface area contributed by atoms with Gasteiger partial charge in [-0.3, -0.25) is 20.2 Å². The van der Waals surface area contributed by atoms with Gasteiger partial charge in [0.2, 0.25) is 0 Å². The maximum absolute atomic E-state index is 12.3. The number of nitrogens with zero attached hydrogens (tertiary/aromatic N) is 2. The second kappa shape index (κ2) is 6.54. The van der Waals surface area contributed by atoms with Gasteiger partial charge in [0, 0.05) is 23.9 Å². The molecule has 0 saturated heterocycles. The van der Waals surface area contributed by atoms with Crippen molar-refractivity contribution in [3.05, 3.63) is 68.7 Å². The smallest absolute Gasteiger partial charge is 0.288 e. The van der Waals surface area contributed by atoms with Crippen molar-refractivity contribution < 1.29 is 9.72 Å². The summed E-state index contributed by atoms with van der Waals surface area (Å²) >= 11 is 11.1. The summed E-state index contributed by atoms with van der Waals surface area (Å²) in [5.41, 5.74) is 1.93. The van der Waals surface area contributed by atoms with Crippen LogP contribution in [0.15, 0.2) is 42.5 Å². The minimum Gasteiger partial charge on any atom is -0.318 e. The standard InChI is InChI=1S/C16H12ClN3O3S/c17-12-6-5-11(9-14(12)20(22)23)15(21)18-16(24)19-8-7-10-3-1-2-4-13(10)19/h1-6,9H,7-8H2,(H,18,21,24). The van der Waals surface area contributed by atoms with Crippen LogP contribution in [0.5, 0.6) is 0 Å². The zero-order valence-electron chi connectivity index (χ0n) is 12.4. The Bertz CT molecular complexity index is 856. The van der Waals surface area contributed by atoms with Crippen molar-refractivity contribution in [2.75, 3.05) is 11.4 Å². The van der Waals surface area contributed by atoms with Crippen LogP contribution in [-0.4, -0.2) is 22.5 Å². The highest BCUT2D eigenvalue weighted by molar-refractivity contribution is 7.80. The quantitative estimate of drug-likeness (QED) is 0.504. The van der Waals surface area contributed by atoms with E-state index >= 15 is 0 Å². The number of amides is 1. The molecule has 0 fully saturated rings. The maximum atomic E-state index is 12.3. The number of nitro groups is 1. The number of nitro benzene ring substituents is 1. The van der Waals surface area contributed by atoms with Crippen LogP contribution in [0.3, 0.4) is 0 Å². The highest BCUT2D eigenvalue weighted by Crippen LogP contribution is 2.28. The number of benzene rings is 2. The van der Waals surface area contributed by atoms with Gasteiger partial charge < -0.3 is 4.90 Å². The Hall–Kier alpha value is -2.51. The number of anilines is 1. The van der Waals surface area contributed by atoms with Gasteiger partial charge in [-0.15, -0.1) is 0 Å². The summed E-state index contributed by atoms with van der Waals surface area (Å²) in [5, 5.41) is 13.8. The first-order chi connectivity index (χ1) is 11.5. The predicted molar refractivity (Wildman–Crippen MR) is 95.7 cm³/mol. The predicted octanol–water partition coefficient (Wildman–Crippen LogP) is 3.33. The number of rotatable bonds is 2. The largest absolute Gasteiger partial charge is 0.318 e. The van der Waals surface area contributed by atoms with E-state index in [9.17, 15) is 14.9 Å². The lowest BCUT2D eigenvalue weighted by Crippen LogP contribution is -2.42. The molecule has 24 heavy (non-hydrogen) atoms. The van der Waals surface area contributed by atoms with Gasteiger partial charge in [-0.05, 0) is 42.4 Å². The molecule has 0 aromatic heterocycles. The zero-order valence-corrected chi connectivity index (χ0v) is 13.9. The van der Waals surface area contributed by atoms with Gasteiger partial charge in [-0.2, -0.15) is 0 Å². The summed E-state index contributed by atoms with van der Waals surface area (Å²) < 4.78 is 0. The van der Waals surface area contributed by atoms with Crippen molar-refractivity contribution in [1.29, 1.82) is 0 Å². The van der Waals surface area contributed by atoms with Crippen LogP contribution in [0, 0.1) is 10.1 Å². The molecule has 1 aliphatic rings. The van der Waals surface area contributed by atoms with Crippen molar-refractivity contribution in [3.8, 4) is 0 Å². The maximum Gasteiger partial charge on any atom is 0.288 e. The van der Waals surface area contributed by atoms with E-state index in [0.717, 1.165) is 23.7 Å². The molecule has 2 aromatic carbocycles. The van der Waals surface area contributed by atoms with E-state index in [1.165, 1.54) is 12.1 Å². The van der Waals surface area contributed by atoms with E-state index in [2.05, 4.69) is 5.32 Å². The SMILES string of the molecule is O=C(NC(=S)N1CCc2ccccc21)c1ccc(Cl)c([N+](=O)[O-])c1. The number of carbonyl (C=O) groups excluding carboxylic acids is 1. The number of halogens is 1. The third-order valence-corrected chi connectivity index (χ3v) is 4.40. The lowest BCUT2D eigenvalue weighted by Gasteiger charge is -2.20. The van der Waals surface area contributed by atoms with Crippen LogP contribution in [0.25, 0.3) is 0 Å². The molecule has 1 N–H and O–H groups in total. The number of nitrogens with one attached hydrogen (secondary N) is 1. The number of para-hydroxylation sites is 1. The number of carbonyl (C=O) groups is 1. The first-order valence-corrected chi connectivity index (χ1v) is 7.90. The van der Waals surface area contributed by atoms with Gasteiger partial charge >= 0.3 is 0 Å². The Kier molecular flexibility index (Phi) is 4.46. The Morgan fingerprint density at radius 3 is 2.79 bits per heavy atom. The molecule has 0 saturated carbocycles. The minimum absolute atomic E-state index is 0.0207. The Labute approximate surface area is 148 Å². The molecular weight excluding hydrogens is 350 g/mol. The van der Waals surface area contributed by atoms with Crippen molar-refractivity contribution in [3.63, 3.8) is 0 Å². The molecule has 8 heteroatoms. The summed E-state index contributed by atoms with van der Waals surface area (Å²) in [6.45, 7) is 0.680. The summed E-state index contributed by atoms with van der Waals surface area (Å²) in [5.74, 6) is -0.510. The van der Waals surface area contributed by atoms with Crippen LogP contribution < -0.4 is 10.2 Å². The van der Waals surface area contributed by atoms with Crippen molar-refractivity contribution in [2.24, 2.45) is 0 Å². The second-order valence-electron chi connectivity index (χ2n) is 5.21. The van der Waals surface area contributed by atoms with Crippen molar-refractivity contribution in [1.82, 2.24) is 5.32 Å². The van der Waals surface area contributed by atoms with Crippen LogP contribution >= 0.6 is 23.8 Å². The van der Waals surface area contributed by atoms with Gasteiger partial charge in [-0.25, -0.2) is 0 Å². The Morgan fingerprint density at radius 1 is 1.29 bits per heavy atom. The van der Waals surface area contributed by atoms with Gasteiger partial charge in [0.25, 0.3) is 11.6 Å². The number of hydrogen-bond donors (Lipinski definition) is 1. The third kappa shape index (κ3) is 3.08. The average Bonchev–Trinajstić information content (AvgIpc) is 2.99. The molecule has 3 rings (SSSR count). The van der Waals surface area contributed by atoms with Crippen LogP contribution in [0.4, 0.5) is 11.4 Å². The molecule has 0 aliphatic carbocycles. The Balaban J connectivity index is 1.77. The Morgan fingerprint density at radius 2 is 2.04 bits per heavy atom. The molecule has 0 bridgehead atoms. The fourth-order valence-corrected chi connectivity index (χ4v) is 3.05. The van der Waals surface area contributed by atoms with Gasteiger partial charge in [0.1, 0.15) is 5.02 Å². The van der Waals surface area contributed by atoms with Crippen LogP contribution in [0.1, 0.15) is 15.9 Å². The third-order valence-electron chi connectivity index (χ3n) is 3.76. The fraction of sp³-hybridized carbons (Fsp3) is 0.125. The highest BCUT2D eigenvalue weighted by Gasteiger charge is 2.24. The van der Waals surface area contributed by atoms with Crippen molar-refractivity contribution >= 4 is 46.2 Å². The van der Waals surface area contributed by atoms with E-state index in [0.29, 0.717) is 6.54 Å². The number of thiocarbonyl (C=S) groups is 1. The molecular formula is C16H12ClN3O3S. The van der Waals surface area contributed by atoms with Crippen molar-refractivity contribution in [2.45, 2.75) is 6.42 Å². The highest BCUT2D eigenvalue weighted by atomic mass is 35.5. The van der Waals surface area contributed by atoms with E-state index < -0.39 is 10.8 Å². The van der Waals surface area contributed by atoms with E-state index in [1.807, 2.05) is 29.2 Å². The molecule has 1 amide bonds. The lowest BCUT2D eigenvalue weighted by molar-refractivity contribution is -0.384. The van der Waals surface area contributed by atoms with E-state index in [4.69, 9.17) is 23.8 Å². The van der Waals surface area contributed by atoms with Gasteiger partial charge in [0.05, 0.1) is 4.92 Å². The molecule has 0 unspecified atom stereocenters. The zero-order chi connectivity index (χ0) is 17.3. The molecule has 1 heterocycles. The van der Waals surface area contributed by atoms with Gasteiger partial charge in [-0.1, -0.05) is 29.8 Å². The summed E-state index contributed by atoms with van der Waals surface area (Å²) in [4.78, 5) is 24.4. The fourth-order valence-electron chi connectivity index (χ4n) is 2.58. The second-order valence-corrected chi connectivity index (χ2v) is 6.01. The number of fused-ring (bicyclic) bond motifs is 1. The summed E-state index contributed by atoms with van der Waals surface area (Å²) in [6, 6.07) is 11.7. The molecule has 122 valence electrons. The topological polar surface area (TPSA) is 75.5 Å². The van der Waals surface area contributed by atoms with Crippen LogP contribution in [0.2, 0.25) is 5.02 Å². The normalized spacial score (nSPS) is 12.6. The van der Waals surface area contributed by atoms with E-state index in [1.54, 1.807) is 0 Å². The molecule has 0 spiro atoms. The monoisotopic (exact) mass is 361 g/mol. The first-order valence-electron chi connectivity index (χ1n) is 7.12. The molecule has 6 nitrogen and oxygen atoms in total. The summed E-state index contributed by atoms with van der Waals surface area (Å²) in [6.07, 6.45) is 0.846. The van der Waals surface area contributed by atoms with Gasteiger partial charge in [0.15, 0.2) is 5.11 Å². The van der Waals surface area contributed by atoms with Crippen LogP contribution in [-0.2, 0) is 6.42 Å². The number of hydrogen-bond acceptors (Lipinski definition) is 4. The minimum atomic E-state index is -0.631. The molecule has 2 aromatic rings.